The zero-order valence-corrected chi connectivity index (χ0v) is 10.9. The van der Waals surface area contributed by atoms with E-state index < -0.39 is 11.6 Å². The molecule has 92 valence electrons. The maximum Gasteiger partial charge on any atom is 0.167 e. The zero-order chi connectivity index (χ0) is 13.1. The lowest BCUT2D eigenvalue weighted by atomic mass is 10.0. The van der Waals surface area contributed by atoms with Crippen LogP contribution in [0.1, 0.15) is 15.9 Å². The molecule has 2 rings (SSSR count). The highest BCUT2D eigenvalue weighted by molar-refractivity contribution is 9.10. The molecule has 0 heterocycles. The molecule has 0 saturated heterocycles. The highest BCUT2D eigenvalue weighted by atomic mass is 79.9. The number of rotatable bonds is 3. The van der Waals surface area contributed by atoms with Gasteiger partial charge in [0, 0.05) is 16.5 Å². The fraction of sp³-hybridized carbons (Fsp3) is 0.0714. The van der Waals surface area contributed by atoms with E-state index in [4.69, 9.17) is 0 Å². The Morgan fingerprint density at radius 3 is 2.50 bits per heavy atom. The molecule has 0 aliphatic carbocycles. The Labute approximate surface area is 112 Å². The van der Waals surface area contributed by atoms with Gasteiger partial charge in [-0.25, -0.2) is 8.78 Å². The quantitative estimate of drug-likeness (QED) is 0.778. The van der Waals surface area contributed by atoms with Crippen molar-refractivity contribution in [2.45, 2.75) is 6.42 Å². The summed E-state index contributed by atoms with van der Waals surface area (Å²) in [5, 5.41) is 0. The van der Waals surface area contributed by atoms with Gasteiger partial charge in [-0.05, 0) is 35.9 Å². The number of halogens is 3. The maximum atomic E-state index is 13.0. The fourth-order valence-electron chi connectivity index (χ4n) is 1.60. The lowest BCUT2D eigenvalue weighted by Gasteiger charge is -2.03. The largest absolute Gasteiger partial charge is 0.294 e. The Bertz CT molecular complexity index is 596. The molecule has 0 aliphatic heterocycles. The Morgan fingerprint density at radius 2 is 1.83 bits per heavy atom. The van der Waals surface area contributed by atoms with Crippen molar-refractivity contribution in [3.05, 3.63) is 69.7 Å². The predicted octanol–water partition coefficient (Wildman–Crippen LogP) is 4.15. The van der Waals surface area contributed by atoms with Gasteiger partial charge in [-0.2, -0.15) is 0 Å². The topological polar surface area (TPSA) is 17.1 Å². The summed E-state index contributed by atoms with van der Waals surface area (Å²) in [6.45, 7) is 0. The van der Waals surface area contributed by atoms with E-state index in [1.165, 1.54) is 6.07 Å². The summed E-state index contributed by atoms with van der Waals surface area (Å²) < 4.78 is 26.6. The lowest BCUT2D eigenvalue weighted by molar-refractivity contribution is 0.0992. The smallest absolute Gasteiger partial charge is 0.167 e. The first-order valence-corrected chi connectivity index (χ1v) is 6.08. The van der Waals surface area contributed by atoms with Crippen LogP contribution in [0.4, 0.5) is 8.78 Å². The Morgan fingerprint density at radius 1 is 1.06 bits per heavy atom. The second-order valence-electron chi connectivity index (χ2n) is 3.86. The molecule has 0 N–H and O–H groups in total. The number of Topliss-reactive ketones (excluding diaryl/α,β-unsaturated/α-hetero) is 1. The summed E-state index contributed by atoms with van der Waals surface area (Å²) in [4.78, 5) is 11.9. The molecule has 0 aliphatic rings. The van der Waals surface area contributed by atoms with Gasteiger partial charge in [0.1, 0.15) is 0 Å². The molecule has 0 saturated carbocycles. The predicted molar refractivity (Wildman–Crippen MR) is 68.5 cm³/mol. The summed E-state index contributed by atoms with van der Waals surface area (Å²) in [5.74, 6) is -2.20. The van der Waals surface area contributed by atoms with Crippen molar-refractivity contribution < 1.29 is 13.6 Å². The van der Waals surface area contributed by atoms with Crippen LogP contribution in [-0.4, -0.2) is 5.78 Å². The van der Waals surface area contributed by atoms with Gasteiger partial charge in [-0.15, -0.1) is 0 Å². The van der Waals surface area contributed by atoms with Gasteiger partial charge in [0.25, 0.3) is 0 Å². The SMILES string of the molecule is O=C(Cc1cccc(Br)c1)c1ccc(F)c(F)c1. The Balaban J connectivity index is 2.19. The molecule has 0 radical (unpaired) electrons. The normalized spacial score (nSPS) is 10.4. The van der Waals surface area contributed by atoms with E-state index >= 15 is 0 Å². The van der Waals surface area contributed by atoms with E-state index in [9.17, 15) is 13.6 Å². The first kappa shape index (κ1) is 12.9. The van der Waals surface area contributed by atoms with Crippen LogP contribution in [0.15, 0.2) is 46.9 Å². The lowest BCUT2D eigenvalue weighted by Crippen LogP contribution is -2.04. The third-order valence-corrected chi connectivity index (χ3v) is 2.99. The molecule has 18 heavy (non-hydrogen) atoms. The Kier molecular flexibility index (Phi) is 3.87. The minimum Gasteiger partial charge on any atom is -0.294 e. The van der Waals surface area contributed by atoms with E-state index in [0.29, 0.717) is 0 Å². The molecule has 1 nitrogen and oxygen atoms in total. The van der Waals surface area contributed by atoms with Gasteiger partial charge >= 0.3 is 0 Å². The summed E-state index contributed by atoms with van der Waals surface area (Å²) in [6.07, 6.45) is 0.157. The summed E-state index contributed by atoms with van der Waals surface area (Å²) >= 11 is 3.31. The Hall–Kier alpha value is -1.55. The van der Waals surface area contributed by atoms with Crippen molar-refractivity contribution in [2.75, 3.05) is 0 Å². The van der Waals surface area contributed by atoms with Crippen molar-refractivity contribution >= 4 is 21.7 Å². The number of hydrogen-bond donors (Lipinski definition) is 0. The molecular formula is C14H9BrF2O. The highest BCUT2D eigenvalue weighted by Gasteiger charge is 2.10. The van der Waals surface area contributed by atoms with E-state index in [1.807, 2.05) is 24.3 Å². The minimum atomic E-state index is -1.00. The zero-order valence-electron chi connectivity index (χ0n) is 9.29. The van der Waals surface area contributed by atoms with Crippen LogP contribution in [-0.2, 0) is 6.42 Å². The number of carbonyl (C=O) groups excluding carboxylic acids is 1. The molecule has 0 aromatic heterocycles. The molecule has 0 fully saturated rings. The minimum absolute atomic E-state index is 0.157. The van der Waals surface area contributed by atoms with Gasteiger partial charge < -0.3 is 0 Å². The van der Waals surface area contributed by atoms with Gasteiger partial charge in [-0.3, -0.25) is 4.79 Å². The molecule has 0 bridgehead atoms. The van der Waals surface area contributed by atoms with Gasteiger partial charge in [0.2, 0.25) is 0 Å². The van der Waals surface area contributed by atoms with Gasteiger partial charge in [-0.1, -0.05) is 28.1 Å². The second-order valence-corrected chi connectivity index (χ2v) is 4.77. The van der Waals surface area contributed by atoms with Crippen molar-refractivity contribution in [2.24, 2.45) is 0 Å². The van der Waals surface area contributed by atoms with Crippen LogP contribution in [0.3, 0.4) is 0 Å². The molecule has 0 unspecified atom stereocenters. The van der Waals surface area contributed by atoms with Crippen molar-refractivity contribution in [3.63, 3.8) is 0 Å². The second kappa shape index (κ2) is 5.40. The number of carbonyl (C=O) groups is 1. The average molecular weight is 311 g/mol. The van der Waals surface area contributed by atoms with Crippen molar-refractivity contribution in [3.8, 4) is 0 Å². The number of ketones is 1. The summed E-state index contributed by atoms with van der Waals surface area (Å²) in [5.41, 5.74) is 0.994. The molecule has 2 aromatic rings. The monoisotopic (exact) mass is 310 g/mol. The van der Waals surface area contributed by atoms with E-state index in [2.05, 4.69) is 15.9 Å². The van der Waals surface area contributed by atoms with Crippen LogP contribution in [0.25, 0.3) is 0 Å². The maximum absolute atomic E-state index is 13.0. The summed E-state index contributed by atoms with van der Waals surface area (Å²) in [6, 6.07) is 10.5. The molecule has 0 atom stereocenters. The first-order chi connectivity index (χ1) is 8.56. The fourth-order valence-corrected chi connectivity index (χ4v) is 2.05. The number of benzene rings is 2. The van der Waals surface area contributed by atoms with Crippen molar-refractivity contribution in [1.29, 1.82) is 0 Å². The highest BCUT2D eigenvalue weighted by Crippen LogP contribution is 2.15. The van der Waals surface area contributed by atoms with Gasteiger partial charge in [0.05, 0.1) is 0 Å². The van der Waals surface area contributed by atoms with Crippen LogP contribution in [0.5, 0.6) is 0 Å². The summed E-state index contributed by atoms with van der Waals surface area (Å²) in [7, 11) is 0. The first-order valence-electron chi connectivity index (χ1n) is 5.29. The van der Waals surface area contributed by atoms with Crippen molar-refractivity contribution in [1.82, 2.24) is 0 Å². The van der Waals surface area contributed by atoms with Crippen LogP contribution in [0, 0.1) is 11.6 Å². The van der Waals surface area contributed by atoms with Gasteiger partial charge in [0.15, 0.2) is 17.4 Å². The molecule has 4 heteroatoms. The van der Waals surface area contributed by atoms with Crippen LogP contribution < -0.4 is 0 Å². The number of hydrogen-bond acceptors (Lipinski definition) is 1. The molecule has 2 aromatic carbocycles. The average Bonchev–Trinajstić information content (AvgIpc) is 2.32. The third kappa shape index (κ3) is 3.01. The van der Waals surface area contributed by atoms with Crippen LogP contribution in [0.2, 0.25) is 0 Å². The standard InChI is InChI=1S/C14H9BrF2O/c15-11-3-1-2-9(6-11)7-14(18)10-4-5-12(16)13(17)8-10/h1-6,8H,7H2. The van der Waals surface area contributed by atoms with Crippen LogP contribution >= 0.6 is 15.9 Å². The molecular weight excluding hydrogens is 302 g/mol. The van der Waals surface area contributed by atoms with E-state index in [0.717, 1.165) is 22.2 Å². The molecule has 0 amide bonds. The van der Waals surface area contributed by atoms with E-state index in [-0.39, 0.29) is 17.8 Å². The third-order valence-electron chi connectivity index (χ3n) is 2.50. The molecule has 0 spiro atoms. The van der Waals surface area contributed by atoms with E-state index in [1.54, 1.807) is 0 Å².